The number of carbonyl (C=O) groups is 1. The van der Waals surface area contributed by atoms with Crippen LogP contribution in [0.4, 0.5) is 8.78 Å². The first-order valence-electron chi connectivity index (χ1n) is 10.0. The first-order valence-corrected chi connectivity index (χ1v) is 10.9. The van der Waals surface area contributed by atoms with E-state index in [1.807, 2.05) is 18.2 Å². The number of benzene rings is 2. The molecule has 0 saturated heterocycles. The monoisotopic (exact) mass is 477 g/mol. The molecule has 8 nitrogen and oxygen atoms in total. The zero-order chi connectivity index (χ0) is 24.2. The van der Waals surface area contributed by atoms with E-state index in [1.54, 1.807) is 19.1 Å². The van der Waals surface area contributed by atoms with E-state index in [1.165, 1.54) is 19.2 Å². The molecule has 0 saturated carbocycles. The molecule has 0 spiro atoms. The predicted molar refractivity (Wildman–Crippen MR) is 122 cm³/mol. The second-order valence-corrected chi connectivity index (χ2v) is 8.50. The van der Waals surface area contributed by atoms with Crippen LogP contribution in [0.5, 0.6) is 0 Å². The van der Waals surface area contributed by atoms with Crippen LogP contribution in [0, 0.1) is 17.0 Å². The molecule has 2 aromatic carbocycles. The summed E-state index contributed by atoms with van der Waals surface area (Å²) >= 11 is 1.12. The van der Waals surface area contributed by atoms with E-state index in [-0.39, 0.29) is 29.5 Å². The third kappa shape index (κ3) is 5.00. The first kappa shape index (κ1) is 24.6. The van der Waals surface area contributed by atoms with Crippen molar-refractivity contribution in [1.82, 2.24) is 10.1 Å². The molecule has 0 fully saturated rings. The Balaban J connectivity index is 2.15. The second kappa shape index (κ2) is 10.3. The Labute approximate surface area is 194 Å². The molecule has 2 atom stereocenters. The van der Waals surface area contributed by atoms with Crippen LogP contribution in [0.25, 0.3) is 0 Å². The van der Waals surface area contributed by atoms with Crippen LogP contribution in [0.1, 0.15) is 24.5 Å². The standard InChI is InChI=1S/C22H25F2N5O3S/c1-14(31-2)20(30)29-22(15-7-5-4-6-8-15,11-12-28(32-3)21(25)26)33-19(27-29)17-13-16(23)9-10-18(17)24/h4-10,13-14H,11-12H2,1-3H3,(H3,25,26)/t14-,22?/m0/s1. The molecule has 33 heavy (non-hydrogen) atoms. The fourth-order valence-electron chi connectivity index (χ4n) is 3.41. The van der Waals surface area contributed by atoms with Crippen molar-refractivity contribution in [2.75, 3.05) is 20.8 Å². The molecule has 0 aromatic heterocycles. The molecule has 0 bridgehead atoms. The largest absolute Gasteiger partial charge is 0.372 e. The van der Waals surface area contributed by atoms with Crippen molar-refractivity contribution >= 4 is 28.7 Å². The lowest BCUT2D eigenvalue weighted by atomic mass is 10.0. The van der Waals surface area contributed by atoms with E-state index < -0.39 is 28.5 Å². The fraction of sp³-hybridized carbons (Fsp3) is 0.318. The van der Waals surface area contributed by atoms with E-state index >= 15 is 0 Å². The number of methoxy groups -OCH3 is 1. The average molecular weight is 478 g/mol. The Morgan fingerprint density at radius 1 is 1.27 bits per heavy atom. The Bertz CT molecular complexity index is 1060. The summed E-state index contributed by atoms with van der Waals surface area (Å²) in [5.41, 5.74) is 6.23. The summed E-state index contributed by atoms with van der Waals surface area (Å²) in [5.74, 6) is -2.07. The SMILES string of the molecule is CO[C@@H](C)C(=O)N1N=C(c2cc(F)ccc2F)SC1(CCN(OC)C(=N)N)c1ccccc1. The minimum absolute atomic E-state index is 0.0594. The average Bonchev–Trinajstić information content (AvgIpc) is 3.21. The van der Waals surface area contributed by atoms with Gasteiger partial charge in [0.15, 0.2) is 0 Å². The maximum Gasteiger partial charge on any atom is 0.273 e. The summed E-state index contributed by atoms with van der Waals surface area (Å²) in [6.45, 7) is 1.70. The van der Waals surface area contributed by atoms with Gasteiger partial charge in [0.1, 0.15) is 27.7 Å². The number of amides is 1. The number of guanidine groups is 1. The van der Waals surface area contributed by atoms with Gasteiger partial charge in [-0.1, -0.05) is 42.1 Å². The summed E-state index contributed by atoms with van der Waals surface area (Å²) < 4.78 is 33.8. The van der Waals surface area contributed by atoms with Crippen LogP contribution in [0.2, 0.25) is 0 Å². The van der Waals surface area contributed by atoms with Crippen LogP contribution < -0.4 is 5.73 Å². The summed E-state index contributed by atoms with van der Waals surface area (Å²) in [4.78, 5) is 17.3. The molecule has 1 unspecified atom stereocenters. The Kier molecular flexibility index (Phi) is 7.67. The van der Waals surface area contributed by atoms with E-state index in [0.717, 1.165) is 35.0 Å². The van der Waals surface area contributed by atoms with Crippen molar-refractivity contribution in [1.29, 1.82) is 5.41 Å². The minimum atomic E-state index is -1.16. The van der Waals surface area contributed by atoms with Crippen molar-refractivity contribution < 1.29 is 23.1 Å². The molecular weight excluding hydrogens is 452 g/mol. The topological polar surface area (TPSA) is 104 Å². The van der Waals surface area contributed by atoms with Gasteiger partial charge in [0, 0.05) is 19.1 Å². The zero-order valence-electron chi connectivity index (χ0n) is 18.4. The second-order valence-electron chi connectivity index (χ2n) is 7.23. The lowest BCUT2D eigenvalue weighted by molar-refractivity contribution is -0.145. The normalized spacial score (nSPS) is 18.7. The van der Waals surface area contributed by atoms with Crippen molar-refractivity contribution in [2.24, 2.45) is 10.8 Å². The number of ether oxygens (including phenoxy) is 1. The highest BCUT2D eigenvalue weighted by Crippen LogP contribution is 2.50. The van der Waals surface area contributed by atoms with E-state index in [0.29, 0.717) is 5.56 Å². The molecule has 11 heteroatoms. The Morgan fingerprint density at radius 3 is 2.58 bits per heavy atom. The van der Waals surface area contributed by atoms with E-state index in [9.17, 15) is 13.6 Å². The van der Waals surface area contributed by atoms with Gasteiger partial charge in [-0.15, -0.1) is 0 Å². The molecule has 1 amide bonds. The zero-order valence-corrected chi connectivity index (χ0v) is 19.2. The molecule has 3 rings (SSSR count). The summed E-state index contributed by atoms with van der Waals surface area (Å²) in [6.07, 6.45) is -0.651. The number of nitrogens with zero attached hydrogens (tertiary/aromatic N) is 3. The molecule has 3 N–H and O–H groups in total. The lowest BCUT2D eigenvalue weighted by Gasteiger charge is -2.37. The molecule has 1 aliphatic rings. The fourth-order valence-corrected chi connectivity index (χ4v) is 4.78. The van der Waals surface area contributed by atoms with Crippen LogP contribution in [-0.2, 0) is 19.2 Å². The summed E-state index contributed by atoms with van der Waals surface area (Å²) in [7, 11) is 2.77. The number of hydrogen-bond donors (Lipinski definition) is 2. The predicted octanol–water partition coefficient (Wildman–Crippen LogP) is 3.24. The van der Waals surface area contributed by atoms with Crippen molar-refractivity contribution in [3.63, 3.8) is 0 Å². The lowest BCUT2D eigenvalue weighted by Crippen LogP contribution is -2.48. The van der Waals surface area contributed by atoms with Crippen LogP contribution >= 0.6 is 11.8 Å². The maximum atomic E-state index is 14.6. The van der Waals surface area contributed by atoms with Crippen LogP contribution in [0.15, 0.2) is 53.6 Å². The van der Waals surface area contributed by atoms with Gasteiger partial charge in [-0.2, -0.15) is 5.10 Å². The minimum Gasteiger partial charge on any atom is -0.372 e. The Morgan fingerprint density at radius 2 is 1.97 bits per heavy atom. The third-order valence-electron chi connectivity index (χ3n) is 5.24. The van der Waals surface area contributed by atoms with Crippen molar-refractivity contribution in [3.05, 3.63) is 71.3 Å². The number of hydrazone groups is 1. The highest BCUT2D eigenvalue weighted by atomic mass is 32.2. The van der Waals surface area contributed by atoms with Gasteiger partial charge in [-0.3, -0.25) is 15.0 Å². The smallest absolute Gasteiger partial charge is 0.273 e. The van der Waals surface area contributed by atoms with Gasteiger partial charge in [0.2, 0.25) is 5.96 Å². The number of hydrogen-bond acceptors (Lipinski definition) is 6. The van der Waals surface area contributed by atoms with Gasteiger partial charge >= 0.3 is 0 Å². The third-order valence-corrected chi connectivity index (χ3v) is 6.68. The molecule has 0 aliphatic carbocycles. The highest BCUT2D eigenvalue weighted by molar-refractivity contribution is 8.15. The number of nitrogens with two attached hydrogens (primary N) is 1. The first-order chi connectivity index (χ1) is 15.7. The summed E-state index contributed by atoms with van der Waals surface area (Å²) in [6, 6.07) is 12.1. The number of halogens is 2. The van der Waals surface area contributed by atoms with Crippen molar-refractivity contribution in [3.8, 4) is 0 Å². The molecule has 1 aliphatic heterocycles. The van der Waals surface area contributed by atoms with E-state index in [2.05, 4.69) is 5.10 Å². The van der Waals surface area contributed by atoms with Crippen LogP contribution in [-0.4, -0.2) is 53.9 Å². The van der Waals surface area contributed by atoms with Gasteiger partial charge < -0.3 is 10.5 Å². The number of nitrogens with one attached hydrogen (secondary N) is 1. The van der Waals surface area contributed by atoms with Gasteiger partial charge in [-0.25, -0.2) is 18.9 Å². The number of thioether (sulfide) groups is 1. The number of carbonyl (C=O) groups excluding carboxylic acids is 1. The molecule has 1 heterocycles. The molecule has 176 valence electrons. The van der Waals surface area contributed by atoms with E-state index in [4.69, 9.17) is 20.7 Å². The van der Waals surface area contributed by atoms with Gasteiger partial charge in [0.25, 0.3) is 5.91 Å². The van der Waals surface area contributed by atoms with Crippen molar-refractivity contribution in [2.45, 2.75) is 24.3 Å². The highest BCUT2D eigenvalue weighted by Gasteiger charge is 2.50. The molecular formula is C22H25F2N5O3S. The Hall–Kier alpha value is -3.02. The van der Waals surface area contributed by atoms with Gasteiger partial charge in [0.05, 0.1) is 13.7 Å². The molecule has 0 radical (unpaired) electrons. The summed E-state index contributed by atoms with van der Waals surface area (Å²) in [5, 5.41) is 14.7. The quantitative estimate of drug-likeness (QED) is 0.344. The number of rotatable bonds is 8. The van der Waals surface area contributed by atoms with Gasteiger partial charge in [-0.05, 0) is 30.7 Å². The number of hydroxylamine groups is 2. The maximum absolute atomic E-state index is 14.6. The molecule has 2 aromatic rings. The van der Waals surface area contributed by atoms with Crippen LogP contribution in [0.3, 0.4) is 0 Å².